The molecule has 0 aromatic heterocycles. The summed E-state index contributed by atoms with van der Waals surface area (Å²) in [4.78, 5) is 25.4. The van der Waals surface area contributed by atoms with E-state index in [4.69, 9.17) is 0 Å². The third-order valence-electron chi connectivity index (χ3n) is 4.38. The van der Waals surface area contributed by atoms with Crippen LogP contribution in [0.1, 0.15) is 39.5 Å². The molecule has 2 heterocycles. The number of hydrogen-bond acceptors (Lipinski definition) is 3. The molecule has 2 fully saturated rings. The molecule has 5 heteroatoms. The van der Waals surface area contributed by atoms with Crippen LogP contribution in [-0.4, -0.2) is 48.4 Å². The smallest absolute Gasteiger partial charge is 0.242 e. The van der Waals surface area contributed by atoms with Gasteiger partial charge in [-0.3, -0.25) is 9.59 Å². The lowest BCUT2D eigenvalue weighted by Gasteiger charge is -2.37. The van der Waals surface area contributed by atoms with Gasteiger partial charge in [-0.2, -0.15) is 0 Å². The van der Waals surface area contributed by atoms with Crippen molar-refractivity contribution in [2.45, 2.75) is 45.1 Å². The molecule has 19 heavy (non-hydrogen) atoms. The summed E-state index contributed by atoms with van der Waals surface area (Å²) >= 11 is 0. The summed E-state index contributed by atoms with van der Waals surface area (Å²) in [6.07, 6.45) is 4.00. The molecular formula is C14H25N3O2. The molecule has 0 radical (unpaired) electrons. The summed E-state index contributed by atoms with van der Waals surface area (Å²) in [5.74, 6) is 0.793. The predicted molar refractivity (Wildman–Crippen MR) is 73.6 cm³/mol. The Morgan fingerprint density at radius 3 is 2.58 bits per heavy atom. The average molecular weight is 267 g/mol. The molecule has 2 N–H and O–H groups in total. The van der Waals surface area contributed by atoms with Crippen molar-refractivity contribution in [3.05, 3.63) is 0 Å². The summed E-state index contributed by atoms with van der Waals surface area (Å²) in [5, 5.41) is 6.20. The van der Waals surface area contributed by atoms with Gasteiger partial charge in [0.15, 0.2) is 0 Å². The quantitative estimate of drug-likeness (QED) is 0.783. The average Bonchev–Trinajstić information content (AvgIpc) is 2.84. The number of rotatable bonds is 3. The Bertz CT molecular complexity index is 343. The largest absolute Gasteiger partial charge is 0.356 e. The third-order valence-corrected chi connectivity index (χ3v) is 4.38. The fraction of sp³-hybridized carbons (Fsp3) is 0.857. The highest BCUT2D eigenvalue weighted by atomic mass is 16.2. The van der Waals surface area contributed by atoms with Crippen LogP contribution in [0, 0.1) is 5.92 Å². The molecule has 108 valence electrons. The second kappa shape index (κ2) is 5.90. The molecule has 1 atom stereocenters. The second-order valence-corrected chi connectivity index (χ2v) is 6.04. The Hall–Kier alpha value is -1.10. The zero-order valence-electron chi connectivity index (χ0n) is 12.0. The van der Waals surface area contributed by atoms with E-state index in [0.29, 0.717) is 5.92 Å². The molecule has 1 unspecified atom stereocenters. The van der Waals surface area contributed by atoms with Crippen molar-refractivity contribution in [1.82, 2.24) is 15.5 Å². The first kappa shape index (κ1) is 14.3. The fourth-order valence-corrected chi connectivity index (χ4v) is 3.05. The van der Waals surface area contributed by atoms with Crippen LogP contribution in [0.3, 0.4) is 0 Å². The molecule has 0 saturated carbocycles. The van der Waals surface area contributed by atoms with Crippen LogP contribution in [0.25, 0.3) is 0 Å². The van der Waals surface area contributed by atoms with Crippen LogP contribution in [0.5, 0.6) is 0 Å². The van der Waals surface area contributed by atoms with Crippen molar-refractivity contribution in [3.8, 4) is 0 Å². The van der Waals surface area contributed by atoms with Gasteiger partial charge in [0.2, 0.25) is 11.8 Å². The molecule has 0 aromatic rings. The van der Waals surface area contributed by atoms with Gasteiger partial charge >= 0.3 is 0 Å². The third kappa shape index (κ3) is 3.47. The number of amides is 2. The number of hydrogen-bond donors (Lipinski definition) is 2. The molecule has 0 aromatic carbocycles. The lowest BCUT2D eigenvalue weighted by Crippen LogP contribution is -2.55. The first-order valence-electron chi connectivity index (χ1n) is 7.30. The Kier molecular flexibility index (Phi) is 4.45. The monoisotopic (exact) mass is 267 g/mol. The van der Waals surface area contributed by atoms with Crippen molar-refractivity contribution in [2.24, 2.45) is 5.92 Å². The molecule has 2 saturated heterocycles. The van der Waals surface area contributed by atoms with Crippen molar-refractivity contribution in [1.29, 1.82) is 0 Å². The summed E-state index contributed by atoms with van der Waals surface area (Å²) in [6, 6.07) is 0. The maximum Gasteiger partial charge on any atom is 0.242 e. The summed E-state index contributed by atoms with van der Waals surface area (Å²) in [6.45, 7) is 6.89. The van der Waals surface area contributed by atoms with Gasteiger partial charge in [0.05, 0.1) is 5.54 Å². The SMILES string of the molecule is CC(=O)NCC1CCN(C(=O)C2(C)CCCN2)CC1. The standard InChI is InChI=1S/C14H25N3O2/c1-11(18)15-10-12-4-8-17(9-5-12)13(19)14(2)6-3-7-16-14/h12,16H,3-10H2,1-2H3,(H,15,18). The molecule has 2 aliphatic heterocycles. The first-order chi connectivity index (χ1) is 9.01. The predicted octanol–water partition coefficient (Wildman–Crippen LogP) is 0.503. The van der Waals surface area contributed by atoms with E-state index in [0.717, 1.165) is 51.9 Å². The second-order valence-electron chi connectivity index (χ2n) is 6.04. The molecule has 2 aliphatic rings. The van der Waals surface area contributed by atoms with E-state index in [2.05, 4.69) is 10.6 Å². The normalized spacial score (nSPS) is 28.4. The maximum atomic E-state index is 12.5. The fourth-order valence-electron chi connectivity index (χ4n) is 3.05. The lowest BCUT2D eigenvalue weighted by molar-refractivity contribution is -0.138. The number of nitrogens with one attached hydrogen (secondary N) is 2. The van der Waals surface area contributed by atoms with E-state index in [1.165, 1.54) is 0 Å². The highest BCUT2D eigenvalue weighted by Crippen LogP contribution is 2.24. The van der Waals surface area contributed by atoms with Crippen molar-refractivity contribution in [2.75, 3.05) is 26.2 Å². The number of piperidine rings is 1. The molecule has 2 rings (SSSR count). The van der Waals surface area contributed by atoms with E-state index >= 15 is 0 Å². The first-order valence-corrected chi connectivity index (χ1v) is 7.30. The Labute approximate surface area is 115 Å². The van der Waals surface area contributed by atoms with Gasteiger partial charge < -0.3 is 15.5 Å². The summed E-state index contributed by atoms with van der Waals surface area (Å²) < 4.78 is 0. The molecule has 2 amide bonds. The van der Waals surface area contributed by atoms with Crippen molar-refractivity contribution < 1.29 is 9.59 Å². The minimum absolute atomic E-state index is 0.0289. The molecule has 0 bridgehead atoms. The van der Waals surface area contributed by atoms with Gasteiger partial charge in [-0.25, -0.2) is 0 Å². The van der Waals surface area contributed by atoms with Crippen LogP contribution < -0.4 is 10.6 Å². The minimum Gasteiger partial charge on any atom is -0.356 e. The van der Waals surface area contributed by atoms with E-state index < -0.39 is 0 Å². The van der Waals surface area contributed by atoms with E-state index in [1.54, 1.807) is 6.92 Å². The molecular weight excluding hydrogens is 242 g/mol. The number of carbonyl (C=O) groups excluding carboxylic acids is 2. The van der Waals surface area contributed by atoms with E-state index in [-0.39, 0.29) is 17.4 Å². The van der Waals surface area contributed by atoms with Crippen LogP contribution >= 0.6 is 0 Å². The van der Waals surface area contributed by atoms with Gasteiger partial charge in [-0.05, 0) is 45.1 Å². The van der Waals surface area contributed by atoms with E-state index in [1.807, 2.05) is 11.8 Å². The molecule has 0 aliphatic carbocycles. The minimum atomic E-state index is -0.343. The van der Waals surface area contributed by atoms with Gasteiger partial charge in [-0.15, -0.1) is 0 Å². The van der Waals surface area contributed by atoms with Gasteiger partial charge in [0, 0.05) is 26.6 Å². The number of likely N-dealkylation sites (tertiary alicyclic amines) is 1. The van der Waals surface area contributed by atoms with Crippen LogP contribution in [0.2, 0.25) is 0 Å². The zero-order chi connectivity index (χ0) is 13.9. The van der Waals surface area contributed by atoms with E-state index in [9.17, 15) is 9.59 Å². The number of nitrogens with zero attached hydrogens (tertiary/aromatic N) is 1. The van der Waals surface area contributed by atoms with Crippen LogP contribution in [-0.2, 0) is 9.59 Å². The lowest BCUT2D eigenvalue weighted by atomic mass is 9.93. The van der Waals surface area contributed by atoms with Crippen LogP contribution in [0.4, 0.5) is 0 Å². The highest BCUT2D eigenvalue weighted by molar-refractivity contribution is 5.86. The topological polar surface area (TPSA) is 61.4 Å². The molecule has 0 spiro atoms. The Balaban J connectivity index is 1.79. The van der Waals surface area contributed by atoms with Gasteiger partial charge in [0.25, 0.3) is 0 Å². The maximum absolute atomic E-state index is 12.5. The van der Waals surface area contributed by atoms with Crippen LogP contribution in [0.15, 0.2) is 0 Å². The summed E-state index contributed by atoms with van der Waals surface area (Å²) in [5.41, 5.74) is -0.343. The Morgan fingerprint density at radius 1 is 1.37 bits per heavy atom. The highest BCUT2D eigenvalue weighted by Gasteiger charge is 2.39. The van der Waals surface area contributed by atoms with Gasteiger partial charge in [-0.1, -0.05) is 0 Å². The number of carbonyl (C=O) groups is 2. The summed E-state index contributed by atoms with van der Waals surface area (Å²) in [7, 11) is 0. The van der Waals surface area contributed by atoms with Crippen molar-refractivity contribution >= 4 is 11.8 Å². The Morgan fingerprint density at radius 2 is 2.05 bits per heavy atom. The molecule has 5 nitrogen and oxygen atoms in total. The van der Waals surface area contributed by atoms with Gasteiger partial charge in [0.1, 0.15) is 0 Å². The zero-order valence-corrected chi connectivity index (χ0v) is 12.0. The van der Waals surface area contributed by atoms with Crippen molar-refractivity contribution in [3.63, 3.8) is 0 Å².